The Kier molecular flexibility index (Phi) is 4.74. The van der Waals surface area contributed by atoms with Crippen molar-refractivity contribution in [2.75, 3.05) is 10.6 Å². The fourth-order valence-electron chi connectivity index (χ4n) is 1.88. The highest BCUT2D eigenvalue weighted by Gasteiger charge is 2.07. The lowest BCUT2D eigenvalue weighted by atomic mass is 10.1. The van der Waals surface area contributed by atoms with Crippen LogP contribution in [0.15, 0.2) is 47.2 Å². The van der Waals surface area contributed by atoms with Gasteiger partial charge in [-0.3, -0.25) is 4.79 Å². The van der Waals surface area contributed by atoms with Crippen LogP contribution in [0.1, 0.15) is 25.5 Å². The monoisotopic (exact) mass is 333 g/mol. The summed E-state index contributed by atoms with van der Waals surface area (Å²) in [5, 5.41) is 6.16. The molecule has 1 amide bonds. The number of benzene rings is 1. The van der Waals surface area contributed by atoms with Gasteiger partial charge in [-0.05, 0) is 52.7 Å². The molecule has 20 heavy (non-hydrogen) atoms. The Morgan fingerprint density at radius 1 is 1.25 bits per heavy atom. The molecule has 1 unspecified atom stereocenters. The van der Waals surface area contributed by atoms with Gasteiger partial charge in [0.1, 0.15) is 4.60 Å². The summed E-state index contributed by atoms with van der Waals surface area (Å²) in [4.78, 5) is 15.3. The minimum atomic E-state index is -0.0696. The van der Waals surface area contributed by atoms with E-state index < -0.39 is 0 Å². The zero-order chi connectivity index (χ0) is 14.5. The Hall–Kier alpha value is -1.88. The number of anilines is 2. The molecule has 2 aromatic rings. The number of nitrogens with one attached hydrogen (secondary N) is 2. The molecule has 0 bridgehead atoms. The van der Waals surface area contributed by atoms with Gasteiger partial charge in [-0.25, -0.2) is 4.98 Å². The lowest BCUT2D eigenvalue weighted by molar-refractivity contribution is -0.114. The highest BCUT2D eigenvalue weighted by molar-refractivity contribution is 9.10. The molecule has 4 nitrogen and oxygen atoms in total. The highest BCUT2D eigenvalue weighted by Crippen LogP contribution is 2.22. The van der Waals surface area contributed by atoms with Gasteiger partial charge in [0.15, 0.2) is 0 Å². The summed E-state index contributed by atoms with van der Waals surface area (Å²) in [6, 6.07) is 11.8. The molecule has 2 N–H and O–H groups in total. The molecule has 0 radical (unpaired) electrons. The molecule has 0 aliphatic rings. The first-order valence-corrected chi connectivity index (χ1v) is 7.09. The Bertz CT molecular complexity index is 598. The van der Waals surface area contributed by atoms with Gasteiger partial charge in [-0.2, -0.15) is 0 Å². The average molecular weight is 334 g/mol. The van der Waals surface area contributed by atoms with Gasteiger partial charge in [-0.1, -0.05) is 12.1 Å². The van der Waals surface area contributed by atoms with Crippen molar-refractivity contribution in [1.29, 1.82) is 0 Å². The van der Waals surface area contributed by atoms with Crippen LogP contribution in [0.25, 0.3) is 0 Å². The highest BCUT2D eigenvalue weighted by atomic mass is 79.9. The number of hydrogen-bond acceptors (Lipinski definition) is 3. The maximum absolute atomic E-state index is 11.1. The number of amides is 1. The number of hydrogen-bond donors (Lipinski definition) is 2. The lowest BCUT2D eigenvalue weighted by Gasteiger charge is -2.16. The third-order valence-corrected chi connectivity index (χ3v) is 3.29. The molecule has 1 aromatic carbocycles. The largest absolute Gasteiger partial charge is 0.377 e. The standard InChI is InChI=1S/C15H16BrN3O/c1-10(18-14-6-7-15(16)17-9-14)12-4-3-5-13(8-12)19-11(2)20/h3-10,18H,1-2H3,(H,19,20). The number of pyridine rings is 1. The van der Waals surface area contributed by atoms with Crippen molar-refractivity contribution >= 4 is 33.2 Å². The van der Waals surface area contributed by atoms with Crippen LogP contribution in [0.3, 0.4) is 0 Å². The lowest BCUT2D eigenvalue weighted by Crippen LogP contribution is -2.09. The average Bonchev–Trinajstić information content (AvgIpc) is 2.41. The minimum absolute atomic E-state index is 0.0696. The van der Waals surface area contributed by atoms with Gasteiger partial charge in [-0.15, -0.1) is 0 Å². The Balaban J connectivity index is 2.10. The number of nitrogens with zero attached hydrogens (tertiary/aromatic N) is 1. The van der Waals surface area contributed by atoms with Gasteiger partial charge >= 0.3 is 0 Å². The second-order valence-corrected chi connectivity index (χ2v) is 5.35. The van der Waals surface area contributed by atoms with E-state index in [2.05, 4.69) is 38.5 Å². The predicted octanol–water partition coefficient (Wildman–Crippen LogP) is 3.98. The Labute approximate surface area is 126 Å². The van der Waals surface area contributed by atoms with Crippen LogP contribution in [-0.2, 0) is 4.79 Å². The number of halogens is 1. The predicted molar refractivity (Wildman–Crippen MR) is 84.7 cm³/mol. The van der Waals surface area contributed by atoms with Crippen LogP contribution in [0.4, 0.5) is 11.4 Å². The van der Waals surface area contributed by atoms with Crippen molar-refractivity contribution in [3.63, 3.8) is 0 Å². The topological polar surface area (TPSA) is 54.0 Å². The summed E-state index contributed by atoms with van der Waals surface area (Å²) in [6.07, 6.45) is 1.78. The van der Waals surface area contributed by atoms with E-state index in [0.717, 1.165) is 21.5 Å². The van der Waals surface area contributed by atoms with E-state index in [4.69, 9.17) is 0 Å². The first-order chi connectivity index (χ1) is 9.54. The first kappa shape index (κ1) is 14.5. The second kappa shape index (κ2) is 6.52. The zero-order valence-electron chi connectivity index (χ0n) is 11.4. The molecule has 0 spiro atoms. The summed E-state index contributed by atoms with van der Waals surface area (Å²) >= 11 is 3.31. The van der Waals surface area contributed by atoms with E-state index in [1.54, 1.807) is 6.20 Å². The third kappa shape index (κ3) is 4.06. The molecule has 0 fully saturated rings. The van der Waals surface area contributed by atoms with Gasteiger partial charge in [0, 0.05) is 18.7 Å². The van der Waals surface area contributed by atoms with Crippen molar-refractivity contribution in [2.24, 2.45) is 0 Å². The molecule has 0 aliphatic carbocycles. The van der Waals surface area contributed by atoms with E-state index in [1.807, 2.05) is 36.4 Å². The minimum Gasteiger partial charge on any atom is -0.377 e. The molecule has 104 valence electrons. The van der Waals surface area contributed by atoms with Gasteiger partial charge < -0.3 is 10.6 Å². The summed E-state index contributed by atoms with van der Waals surface area (Å²) < 4.78 is 0.809. The van der Waals surface area contributed by atoms with Crippen molar-refractivity contribution < 1.29 is 4.79 Å². The summed E-state index contributed by atoms with van der Waals surface area (Å²) in [5.41, 5.74) is 2.85. The molecule has 2 rings (SSSR count). The SMILES string of the molecule is CC(=O)Nc1cccc(C(C)Nc2ccc(Br)nc2)c1. The molecule has 0 saturated carbocycles. The molecule has 0 saturated heterocycles. The van der Waals surface area contributed by atoms with Crippen LogP contribution in [0.5, 0.6) is 0 Å². The van der Waals surface area contributed by atoms with Crippen molar-refractivity contribution in [1.82, 2.24) is 4.98 Å². The summed E-state index contributed by atoms with van der Waals surface area (Å²) in [5.74, 6) is -0.0696. The van der Waals surface area contributed by atoms with Crippen molar-refractivity contribution in [3.8, 4) is 0 Å². The quantitative estimate of drug-likeness (QED) is 0.832. The molecular formula is C15H16BrN3O. The molecule has 0 aliphatic heterocycles. The number of carbonyl (C=O) groups is 1. The fraction of sp³-hybridized carbons (Fsp3) is 0.200. The maximum atomic E-state index is 11.1. The zero-order valence-corrected chi connectivity index (χ0v) is 12.9. The molecule has 1 atom stereocenters. The summed E-state index contributed by atoms with van der Waals surface area (Å²) in [7, 11) is 0. The van der Waals surface area contributed by atoms with E-state index in [-0.39, 0.29) is 11.9 Å². The van der Waals surface area contributed by atoms with Crippen LogP contribution in [0, 0.1) is 0 Å². The van der Waals surface area contributed by atoms with E-state index >= 15 is 0 Å². The number of aromatic nitrogens is 1. The van der Waals surface area contributed by atoms with Crippen LogP contribution in [-0.4, -0.2) is 10.9 Å². The normalized spacial score (nSPS) is 11.8. The summed E-state index contributed by atoms with van der Waals surface area (Å²) in [6.45, 7) is 3.57. The van der Waals surface area contributed by atoms with Gasteiger partial charge in [0.2, 0.25) is 5.91 Å². The van der Waals surface area contributed by atoms with Gasteiger partial charge in [0.25, 0.3) is 0 Å². The molecule has 5 heteroatoms. The number of carbonyl (C=O) groups excluding carboxylic acids is 1. The van der Waals surface area contributed by atoms with Crippen LogP contribution >= 0.6 is 15.9 Å². The van der Waals surface area contributed by atoms with Gasteiger partial charge in [0.05, 0.1) is 11.9 Å². The first-order valence-electron chi connectivity index (χ1n) is 6.30. The van der Waals surface area contributed by atoms with Crippen molar-refractivity contribution in [3.05, 3.63) is 52.8 Å². The Morgan fingerprint density at radius 3 is 2.70 bits per heavy atom. The van der Waals surface area contributed by atoms with E-state index in [1.165, 1.54) is 6.92 Å². The van der Waals surface area contributed by atoms with E-state index in [9.17, 15) is 4.79 Å². The molecule has 1 heterocycles. The smallest absolute Gasteiger partial charge is 0.221 e. The number of rotatable bonds is 4. The maximum Gasteiger partial charge on any atom is 0.221 e. The van der Waals surface area contributed by atoms with Crippen LogP contribution < -0.4 is 10.6 Å². The molecule has 1 aromatic heterocycles. The van der Waals surface area contributed by atoms with Crippen LogP contribution in [0.2, 0.25) is 0 Å². The third-order valence-electron chi connectivity index (χ3n) is 2.82. The second-order valence-electron chi connectivity index (χ2n) is 4.54. The van der Waals surface area contributed by atoms with E-state index in [0.29, 0.717) is 0 Å². The van der Waals surface area contributed by atoms with Crippen molar-refractivity contribution in [2.45, 2.75) is 19.9 Å². The molecular weight excluding hydrogens is 318 g/mol. The Morgan fingerprint density at radius 2 is 2.05 bits per heavy atom. The fourth-order valence-corrected chi connectivity index (χ4v) is 2.12.